The normalized spacial score (nSPS) is 25.7. The molecule has 1 atom stereocenters. The molecule has 3 nitrogen and oxygen atoms in total. The van der Waals surface area contributed by atoms with E-state index in [0.717, 1.165) is 19.3 Å². The molecule has 70 valence electrons. The Hall–Kier alpha value is -1.09. The van der Waals surface area contributed by atoms with Crippen molar-refractivity contribution in [3.05, 3.63) is 23.5 Å². The molecular weight excluding hydrogens is 162 g/mol. The van der Waals surface area contributed by atoms with Gasteiger partial charge in [-0.05, 0) is 19.3 Å². The van der Waals surface area contributed by atoms with Crippen LogP contribution in [0.15, 0.2) is 18.0 Å². The highest BCUT2D eigenvalue weighted by atomic mass is 15.2. The van der Waals surface area contributed by atoms with E-state index in [2.05, 4.69) is 11.2 Å². The van der Waals surface area contributed by atoms with Crippen LogP contribution in [-0.4, -0.2) is 15.8 Å². The molecule has 1 heterocycles. The van der Waals surface area contributed by atoms with E-state index in [1.54, 1.807) is 0 Å². The minimum Gasteiger partial charge on any atom is -0.327 e. The van der Waals surface area contributed by atoms with Crippen LogP contribution >= 0.6 is 0 Å². The molecule has 1 saturated carbocycles. The zero-order valence-electron chi connectivity index (χ0n) is 7.90. The Morgan fingerprint density at radius 2 is 2.54 bits per heavy atom. The Morgan fingerprint density at radius 1 is 1.69 bits per heavy atom. The van der Waals surface area contributed by atoms with E-state index in [0.29, 0.717) is 6.04 Å². The van der Waals surface area contributed by atoms with Gasteiger partial charge in [0.2, 0.25) is 0 Å². The van der Waals surface area contributed by atoms with Gasteiger partial charge in [0.25, 0.3) is 0 Å². The second kappa shape index (κ2) is 3.34. The second-order valence-corrected chi connectivity index (χ2v) is 3.75. The lowest BCUT2D eigenvalue weighted by Crippen LogP contribution is -2.13. The molecule has 2 rings (SSSR count). The Morgan fingerprint density at radius 3 is 3.08 bits per heavy atom. The Kier molecular flexibility index (Phi) is 2.19. The van der Waals surface area contributed by atoms with Crippen molar-refractivity contribution in [1.82, 2.24) is 9.78 Å². The average Bonchev–Trinajstić information content (AvgIpc) is 2.62. The Balaban J connectivity index is 2.12. The van der Waals surface area contributed by atoms with Crippen LogP contribution in [0.1, 0.15) is 24.8 Å². The van der Waals surface area contributed by atoms with Crippen LogP contribution < -0.4 is 5.73 Å². The average molecular weight is 177 g/mol. The van der Waals surface area contributed by atoms with Gasteiger partial charge in [-0.2, -0.15) is 5.10 Å². The van der Waals surface area contributed by atoms with Crippen LogP contribution in [0, 0.1) is 0 Å². The summed E-state index contributed by atoms with van der Waals surface area (Å²) < 4.78 is 1.82. The fourth-order valence-electron chi connectivity index (χ4n) is 1.79. The standard InChI is InChI=1S/C10H15N3/c1-13-7-9(6-12-13)4-8-2-3-10(11)5-8/h4,6-7,10H,2-3,5,11H2,1H3/b8-4-. The first-order chi connectivity index (χ1) is 6.24. The van der Waals surface area contributed by atoms with Crippen molar-refractivity contribution < 1.29 is 0 Å². The van der Waals surface area contributed by atoms with E-state index in [1.807, 2.05) is 24.1 Å². The summed E-state index contributed by atoms with van der Waals surface area (Å²) in [6, 6.07) is 0.378. The van der Waals surface area contributed by atoms with Crippen LogP contribution in [0.4, 0.5) is 0 Å². The van der Waals surface area contributed by atoms with Gasteiger partial charge in [-0.3, -0.25) is 4.68 Å². The van der Waals surface area contributed by atoms with E-state index in [9.17, 15) is 0 Å². The molecule has 1 aliphatic carbocycles. The number of nitrogens with two attached hydrogens (primary N) is 1. The van der Waals surface area contributed by atoms with E-state index in [-0.39, 0.29) is 0 Å². The highest BCUT2D eigenvalue weighted by molar-refractivity contribution is 5.51. The number of rotatable bonds is 1. The summed E-state index contributed by atoms with van der Waals surface area (Å²) >= 11 is 0. The topological polar surface area (TPSA) is 43.8 Å². The van der Waals surface area contributed by atoms with Crippen molar-refractivity contribution in [3.63, 3.8) is 0 Å². The summed E-state index contributed by atoms with van der Waals surface area (Å²) in [7, 11) is 1.93. The van der Waals surface area contributed by atoms with Gasteiger partial charge in [0.05, 0.1) is 6.20 Å². The molecule has 1 aliphatic rings. The van der Waals surface area contributed by atoms with Gasteiger partial charge in [-0.25, -0.2) is 0 Å². The van der Waals surface area contributed by atoms with Gasteiger partial charge in [-0.15, -0.1) is 0 Å². The number of aryl methyl sites for hydroxylation is 1. The molecular formula is C10H15N3. The van der Waals surface area contributed by atoms with Crippen LogP contribution in [0.5, 0.6) is 0 Å². The summed E-state index contributed by atoms with van der Waals surface area (Å²) in [5, 5.41) is 4.12. The van der Waals surface area contributed by atoms with Gasteiger partial charge >= 0.3 is 0 Å². The summed E-state index contributed by atoms with van der Waals surface area (Å²) in [6.45, 7) is 0. The lowest BCUT2D eigenvalue weighted by molar-refractivity contribution is 0.711. The smallest absolute Gasteiger partial charge is 0.0562 e. The lowest BCUT2D eigenvalue weighted by Gasteiger charge is -1.95. The summed E-state index contributed by atoms with van der Waals surface area (Å²) in [5.41, 5.74) is 8.47. The molecule has 0 aromatic carbocycles. The van der Waals surface area contributed by atoms with Gasteiger partial charge in [0.15, 0.2) is 0 Å². The molecule has 3 heteroatoms. The summed E-state index contributed by atoms with van der Waals surface area (Å²) in [5.74, 6) is 0. The fourth-order valence-corrected chi connectivity index (χ4v) is 1.79. The fraction of sp³-hybridized carbons (Fsp3) is 0.500. The second-order valence-electron chi connectivity index (χ2n) is 3.75. The maximum absolute atomic E-state index is 5.82. The van der Waals surface area contributed by atoms with E-state index in [1.165, 1.54) is 11.1 Å². The molecule has 2 N–H and O–H groups in total. The number of nitrogens with zero attached hydrogens (tertiary/aromatic N) is 2. The molecule has 13 heavy (non-hydrogen) atoms. The summed E-state index contributed by atoms with van der Waals surface area (Å²) in [6.07, 6.45) is 9.45. The molecule has 0 bridgehead atoms. The highest BCUT2D eigenvalue weighted by Gasteiger charge is 2.14. The monoisotopic (exact) mass is 177 g/mol. The molecule has 0 spiro atoms. The number of hydrogen-bond acceptors (Lipinski definition) is 2. The van der Waals surface area contributed by atoms with Gasteiger partial charge < -0.3 is 5.73 Å². The molecule has 0 radical (unpaired) electrons. The van der Waals surface area contributed by atoms with Crippen LogP contribution in [0.25, 0.3) is 6.08 Å². The van der Waals surface area contributed by atoms with Crippen molar-refractivity contribution in [1.29, 1.82) is 0 Å². The van der Waals surface area contributed by atoms with E-state index < -0.39 is 0 Å². The largest absolute Gasteiger partial charge is 0.327 e. The van der Waals surface area contributed by atoms with Crippen molar-refractivity contribution in [2.45, 2.75) is 25.3 Å². The third-order valence-electron chi connectivity index (χ3n) is 2.46. The third-order valence-corrected chi connectivity index (χ3v) is 2.46. The van der Waals surface area contributed by atoms with Crippen molar-refractivity contribution in [2.24, 2.45) is 12.8 Å². The van der Waals surface area contributed by atoms with Crippen molar-refractivity contribution >= 4 is 6.08 Å². The molecule has 1 aromatic heterocycles. The quantitative estimate of drug-likeness (QED) is 0.703. The molecule has 1 fully saturated rings. The maximum Gasteiger partial charge on any atom is 0.0562 e. The van der Waals surface area contributed by atoms with E-state index >= 15 is 0 Å². The molecule has 0 saturated heterocycles. The third kappa shape index (κ3) is 1.98. The van der Waals surface area contributed by atoms with E-state index in [4.69, 9.17) is 5.73 Å². The van der Waals surface area contributed by atoms with Crippen molar-refractivity contribution in [3.8, 4) is 0 Å². The first-order valence-electron chi connectivity index (χ1n) is 4.68. The number of hydrogen-bond donors (Lipinski definition) is 1. The Bertz CT molecular complexity index is 325. The zero-order valence-corrected chi connectivity index (χ0v) is 7.90. The van der Waals surface area contributed by atoms with Crippen LogP contribution in [0.3, 0.4) is 0 Å². The van der Waals surface area contributed by atoms with Crippen LogP contribution in [0.2, 0.25) is 0 Å². The predicted octanol–water partition coefficient (Wildman–Crippen LogP) is 1.31. The molecule has 1 aromatic rings. The molecule has 0 amide bonds. The van der Waals surface area contributed by atoms with Gasteiger partial charge in [0.1, 0.15) is 0 Å². The predicted molar refractivity (Wildman–Crippen MR) is 53.0 cm³/mol. The first-order valence-corrected chi connectivity index (χ1v) is 4.68. The molecule has 1 unspecified atom stereocenters. The van der Waals surface area contributed by atoms with Gasteiger partial charge in [0, 0.05) is 24.8 Å². The number of aromatic nitrogens is 2. The lowest BCUT2D eigenvalue weighted by atomic mass is 10.1. The minimum absolute atomic E-state index is 0.378. The Labute approximate surface area is 78.2 Å². The minimum atomic E-state index is 0.378. The highest BCUT2D eigenvalue weighted by Crippen LogP contribution is 2.25. The van der Waals surface area contributed by atoms with Crippen molar-refractivity contribution in [2.75, 3.05) is 0 Å². The van der Waals surface area contributed by atoms with Gasteiger partial charge in [-0.1, -0.05) is 11.6 Å². The zero-order chi connectivity index (χ0) is 9.26. The SMILES string of the molecule is Cn1cc(/C=C2/CCC(N)C2)cn1. The summed E-state index contributed by atoms with van der Waals surface area (Å²) in [4.78, 5) is 0. The van der Waals surface area contributed by atoms with Crippen LogP contribution in [-0.2, 0) is 7.05 Å². The molecule has 0 aliphatic heterocycles. The maximum atomic E-state index is 5.82. The first kappa shape index (κ1) is 8.51.